The fourth-order valence-electron chi connectivity index (χ4n) is 2.51. The smallest absolute Gasteiger partial charge is 0.252 e. The van der Waals surface area contributed by atoms with E-state index in [-0.39, 0.29) is 5.91 Å². The quantitative estimate of drug-likeness (QED) is 0.698. The normalized spacial score (nSPS) is 10.8. The summed E-state index contributed by atoms with van der Waals surface area (Å²) in [5, 5.41) is 2.99. The molecule has 3 rings (SSSR count). The third-order valence-electron chi connectivity index (χ3n) is 3.74. The van der Waals surface area contributed by atoms with Crippen LogP contribution in [0.3, 0.4) is 0 Å². The molecule has 1 N–H and O–H groups in total. The maximum atomic E-state index is 12.2. The molecule has 3 aromatic rings. The van der Waals surface area contributed by atoms with Gasteiger partial charge < -0.3 is 9.72 Å². The Balaban J connectivity index is 1.48. The summed E-state index contributed by atoms with van der Waals surface area (Å²) in [5.41, 5.74) is 4.21. The van der Waals surface area contributed by atoms with Gasteiger partial charge in [-0.05, 0) is 30.7 Å². The molecule has 1 aromatic carbocycles. The molecule has 0 spiro atoms. The summed E-state index contributed by atoms with van der Waals surface area (Å²) in [4.78, 5) is 12.2. The number of aryl methyl sites for hydroxylation is 1. The Hall–Kier alpha value is -2.20. The highest BCUT2D eigenvalue weighted by Gasteiger charge is 2.08. The van der Waals surface area contributed by atoms with E-state index in [4.69, 9.17) is 0 Å². The number of aromatic nitrogens is 1. The van der Waals surface area contributed by atoms with Crippen molar-refractivity contribution in [1.29, 1.82) is 0 Å². The summed E-state index contributed by atoms with van der Waals surface area (Å²) in [6.07, 6.45) is 1.90. The van der Waals surface area contributed by atoms with Gasteiger partial charge in [0.05, 0.1) is 5.56 Å². The molecule has 0 radical (unpaired) electrons. The van der Waals surface area contributed by atoms with Gasteiger partial charge in [0, 0.05) is 35.5 Å². The van der Waals surface area contributed by atoms with E-state index in [9.17, 15) is 4.79 Å². The molecule has 0 bridgehead atoms. The Bertz CT molecular complexity index is 795. The van der Waals surface area contributed by atoms with E-state index in [0.29, 0.717) is 12.1 Å². The summed E-state index contributed by atoms with van der Waals surface area (Å²) in [5.74, 6) is 1.88. The van der Waals surface area contributed by atoms with Crippen LogP contribution in [0.4, 0.5) is 0 Å². The Morgan fingerprint density at radius 2 is 1.96 bits per heavy atom. The molecule has 23 heavy (non-hydrogen) atoms. The summed E-state index contributed by atoms with van der Waals surface area (Å²) >= 11 is 1.83. The number of pyridine rings is 1. The monoisotopic (exact) mass is 324 g/mol. The lowest BCUT2D eigenvalue weighted by atomic mass is 10.2. The van der Waals surface area contributed by atoms with Crippen molar-refractivity contribution < 1.29 is 4.79 Å². The van der Waals surface area contributed by atoms with E-state index in [1.165, 1.54) is 5.56 Å². The minimum absolute atomic E-state index is 0.00610. The van der Waals surface area contributed by atoms with Crippen LogP contribution >= 0.6 is 11.8 Å². The fraction of sp³-hybridized carbons (Fsp3) is 0.211. The predicted octanol–water partition coefficient (Wildman–Crippen LogP) is 3.91. The van der Waals surface area contributed by atoms with Gasteiger partial charge in [-0.1, -0.05) is 36.4 Å². The SMILES string of the molecule is Cc1cccc2cc(C(=O)NCCSCc3ccccc3)cn12. The lowest BCUT2D eigenvalue weighted by molar-refractivity contribution is 0.0956. The highest BCUT2D eigenvalue weighted by Crippen LogP contribution is 2.13. The van der Waals surface area contributed by atoms with Gasteiger partial charge in [0.15, 0.2) is 0 Å². The second-order valence-corrected chi connectivity index (χ2v) is 6.59. The van der Waals surface area contributed by atoms with Crippen molar-refractivity contribution in [2.24, 2.45) is 0 Å². The zero-order valence-electron chi connectivity index (χ0n) is 13.2. The number of hydrogen-bond acceptors (Lipinski definition) is 2. The molecule has 0 fully saturated rings. The highest BCUT2D eigenvalue weighted by atomic mass is 32.2. The molecule has 0 unspecified atom stereocenters. The summed E-state index contributed by atoms with van der Waals surface area (Å²) < 4.78 is 2.04. The van der Waals surface area contributed by atoms with Gasteiger partial charge in [0.1, 0.15) is 0 Å². The second-order valence-electron chi connectivity index (χ2n) is 5.48. The van der Waals surface area contributed by atoms with Gasteiger partial charge in [0.25, 0.3) is 5.91 Å². The predicted molar refractivity (Wildman–Crippen MR) is 97.1 cm³/mol. The Morgan fingerprint density at radius 3 is 2.74 bits per heavy atom. The third kappa shape index (κ3) is 3.96. The van der Waals surface area contributed by atoms with Crippen molar-refractivity contribution in [3.8, 4) is 0 Å². The van der Waals surface area contributed by atoms with Crippen LogP contribution in [0.1, 0.15) is 21.6 Å². The zero-order chi connectivity index (χ0) is 16.1. The Morgan fingerprint density at radius 1 is 1.13 bits per heavy atom. The summed E-state index contributed by atoms with van der Waals surface area (Å²) in [6.45, 7) is 2.72. The largest absolute Gasteiger partial charge is 0.351 e. The molecule has 0 aliphatic heterocycles. The van der Waals surface area contributed by atoms with E-state index in [1.54, 1.807) is 0 Å². The lowest BCUT2D eigenvalue weighted by Gasteiger charge is -2.04. The maximum absolute atomic E-state index is 12.2. The molecule has 4 heteroatoms. The number of nitrogens with zero attached hydrogens (tertiary/aromatic N) is 1. The molecule has 118 valence electrons. The first-order valence-corrected chi connectivity index (χ1v) is 8.87. The van der Waals surface area contributed by atoms with Crippen molar-refractivity contribution in [3.05, 3.63) is 77.6 Å². The van der Waals surface area contributed by atoms with E-state index in [2.05, 4.69) is 29.6 Å². The van der Waals surface area contributed by atoms with Crippen molar-refractivity contribution in [3.63, 3.8) is 0 Å². The van der Waals surface area contributed by atoms with E-state index >= 15 is 0 Å². The number of carbonyl (C=O) groups is 1. The van der Waals surface area contributed by atoms with Gasteiger partial charge in [-0.3, -0.25) is 4.79 Å². The van der Waals surface area contributed by atoms with Crippen LogP contribution in [0.2, 0.25) is 0 Å². The minimum atomic E-state index is -0.00610. The molecule has 3 nitrogen and oxygen atoms in total. The maximum Gasteiger partial charge on any atom is 0.252 e. The number of benzene rings is 1. The van der Waals surface area contributed by atoms with Crippen molar-refractivity contribution in [1.82, 2.24) is 9.72 Å². The van der Waals surface area contributed by atoms with E-state index in [1.807, 2.05) is 59.6 Å². The number of hydrogen-bond donors (Lipinski definition) is 1. The van der Waals surface area contributed by atoms with Crippen molar-refractivity contribution >= 4 is 23.2 Å². The number of nitrogens with one attached hydrogen (secondary N) is 1. The second kappa shape index (κ2) is 7.38. The average Bonchev–Trinajstić information content (AvgIpc) is 3.01. The average molecular weight is 324 g/mol. The van der Waals surface area contributed by atoms with Gasteiger partial charge in [-0.25, -0.2) is 0 Å². The number of thioether (sulfide) groups is 1. The molecular weight excluding hydrogens is 304 g/mol. The van der Waals surface area contributed by atoms with E-state index < -0.39 is 0 Å². The number of amides is 1. The van der Waals surface area contributed by atoms with E-state index in [0.717, 1.165) is 22.7 Å². The molecule has 2 aromatic heterocycles. The van der Waals surface area contributed by atoms with Crippen molar-refractivity contribution in [2.45, 2.75) is 12.7 Å². The first-order valence-electron chi connectivity index (χ1n) is 7.71. The highest BCUT2D eigenvalue weighted by molar-refractivity contribution is 7.98. The van der Waals surface area contributed by atoms with Gasteiger partial charge in [-0.2, -0.15) is 11.8 Å². The minimum Gasteiger partial charge on any atom is -0.351 e. The molecule has 0 saturated heterocycles. The topological polar surface area (TPSA) is 33.5 Å². The molecular formula is C19H20N2OS. The molecule has 2 heterocycles. The lowest BCUT2D eigenvalue weighted by Crippen LogP contribution is -2.25. The Labute approximate surface area is 140 Å². The molecule has 0 saturated carbocycles. The van der Waals surface area contributed by atoms with Crippen LogP contribution in [-0.2, 0) is 5.75 Å². The molecule has 0 atom stereocenters. The van der Waals surface area contributed by atoms with Crippen LogP contribution in [0.5, 0.6) is 0 Å². The van der Waals surface area contributed by atoms with Gasteiger partial charge in [-0.15, -0.1) is 0 Å². The molecule has 1 amide bonds. The number of carbonyl (C=O) groups excluding carboxylic acids is 1. The van der Waals surface area contributed by atoms with Crippen LogP contribution in [0, 0.1) is 6.92 Å². The van der Waals surface area contributed by atoms with Crippen LogP contribution in [0.15, 0.2) is 60.8 Å². The van der Waals surface area contributed by atoms with Crippen LogP contribution in [-0.4, -0.2) is 22.6 Å². The number of fused-ring (bicyclic) bond motifs is 1. The summed E-state index contributed by atoms with van der Waals surface area (Å²) in [6, 6.07) is 18.4. The van der Waals surface area contributed by atoms with Crippen LogP contribution in [0.25, 0.3) is 5.52 Å². The fourth-order valence-corrected chi connectivity index (χ4v) is 3.33. The van der Waals surface area contributed by atoms with Crippen molar-refractivity contribution in [2.75, 3.05) is 12.3 Å². The standard InChI is InChI=1S/C19H20N2OS/c1-15-6-5-9-18-12-17(13-21(15)18)19(22)20-10-11-23-14-16-7-3-2-4-8-16/h2-9,12-13H,10-11,14H2,1H3,(H,20,22). The third-order valence-corrected chi connectivity index (χ3v) is 4.77. The number of rotatable bonds is 6. The molecule has 0 aliphatic rings. The van der Waals surface area contributed by atoms with Crippen LogP contribution < -0.4 is 5.32 Å². The first-order chi connectivity index (χ1) is 11.2. The van der Waals surface area contributed by atoms with Gasteiger partial charge >= 0.3 is 0 Å². The van der Waals surface area contributed by atoms with Gasteiger partial charge in [0.2, 0.25) is 0 Å². The summed E-state index contributed by atoms with van der Waals surface area (Å²) in [7, 11) is 0. The first kappa shape index (κ1) is 15.7. The zero-order valence-corrected chi connectivity index (χ0v) is 14.0. The Kier molecular flexibility index (Phi) is 5.03. The molecule has 0 aliphatic carbocycles.